The molecule has 0 unspecified atom stereocenters. The predicted molar refractivity (Wildman–Crippen MR) is 83.9 cm³/mol. The number of nitrogens with one attached hydrogen (secondary N) is 1. The molecule has 1 aliphatic rings. The molecule has 0 aliphatic heterocycles. The summed E-state index contributed by atoms with van der Waals surface area (Å²) < 4.78 is 0. The van der Waals surface area contributed by atoms with Crippen LogP contribution >= 0.6 is 0 Å². The minimum Gasteiger partial charge on any atom is -0.325 e. The molecule has 0 saturated heterocycles. The van der Waals surface area contributed by atoms with E-state index in [1.807, 2.05) is 7.05 Å². The van der Waals surface area contributed by atoms with Crippen LogP contribution < -0.4 is 5.32 Å². The molecule has 21 heavy (non-hydrogen) atoms. The number of carbonyl (C=O) groups excluding carboxylic acids is 1. The van der Waals surface area contributed by atoms with Gasteiger partial charge in [0.2, 0.25) is 5.91 Å². The first-order valence-electron chi connectivity index (χ1n) is 7.66. The van der Waals surface area contributed by atoms with Gasteiger partial charge in [0.25, 0.3) is 0 Å². The lowest BCUT2D eigenvalue weighted by molar-refractivity contribution is -0.117. The molecule has 2 rings (SSSR count). The molecule has 1 saturated carbocycles. The molecule has 0 aromatic heterocycles. The number of amides is 1. The largest absolute Gasteiger partial charge is 0.325 e. The smallest absolute Gasteiger partial charge is 0.238 e. The van der Waals surface area contributed by atoms with Gasteiger partial charge < -0.3 is 5.32 Å². The highest BCUT2D eigenvalue weighted by atomic mass is 16.2. The van der Waals surface area contributed by atoms with Gasteiger partial charge in [-0.15, -0.1) is 0 Å². The van der Waals surface area contributed by atoms with Crippen LogP contribution in [0.25, 0.3) is 0 Å². The monoisotopic (exact) mass is 285 g/mol. The van der Waals surface area contributed by atoms with Crippen LogP contribution in [0.1, 0.15) is 37.7 Å². The fourth-order valence-electron chi connectivity index (χ4n) is 2.95. The molecule has 1 aromatic rings. The molecule has 1 amide bonds. The summed E-state index contributed by atoms with van der Waals surface area (Å²) in [4.78, 5) is 14.1. The van der Waals surface area contributed by atoms with Crippen LogP contribution in [0.3, 0.4) is 0 Å². The van der Waals surface area contributed by atoms with Gasteiger partial charge in [0, 0.05) is 12.2 Å². The summed E-state index contributed by atoms with van der Waals surface area (Å²) in [6, 6.07) is 9.01. The Bertz CT molecular complexity index is 498. The van der Waals surface area contributed by atoms with Crippen LogP contribution in [0.5, 0.6) is 0 Å². The SMILES string of the molecule is CN(CC(=O)Nc1ccc(C#N)cc1)CC1CCCCC1. The minimum absolute atomic E-state index is 0.00184. The van der Waals surface area contributed by atoms with Crippen LogP contribution in [0.4, 0.5) is 5.69 Å². The van der Waals surface area contributed by atoms with Gasteiger partial charge in [-0.05, 0) is 50.1 Å². The lowest BCUT2D eigenvalue weighted by Gasteiger charge is -2.26. The molecule has 0 radical (unpaired) electrons. The summed E-state index contributed by atoms with van der Waals surface area (Å²) in [5, 5.41) is 11.6. The normalized spacial score (nSPS) is 15.7. The van der Waals surface area contributed by atoms with E-state index in [1.54, 1.807) is 24.3 Å². The summed E-state index contributed by atoms with van der Waals surface area (Å²) >= 11 is 0. The second-order valence-corrected chi connectivity index (χ2v) is 5.94. The third kappa shape index (κ3) is 5.20. The van der Waals surface area contributed by atoms with Crippen LogP contribution in [-0.2, 0) is 4.79 Å². The van der Waals surface area contributed by atoms with Gasteiger partial charge in [0.1, 0.15) is 0 Å². The summed E-state index contributed by atoms with van der Waals surface area (Å²) in [7, 11) is 2.01. The number of benzene rings is 1. The Morgan fingerprint density at radius 1 is 1.29 bits per heavy atom. The van der Waals surface area contributed by atoms with Crippen LogP contribution in [-0.4, -0.2) is 30.9 Å². The van der Waals surface area contributed by atoms with E-state index in [2.05, 4.69) is 16.3 Å². The van der Waals surface area contributed by atoms with Gasteiger partial charge >= 0.3 is 0 Å². The summed E-state index contributed by atoms with van der Waals surface area (Å²) in [6.45, 7) is 1.41. The van der Waals surface area contributed by atoms with Crippen molar-refractivity contribution in [3.63, 3.8) is 0 Å². The van der Waals surface area contributed by atoms with E-state index in [0.29, 0.717) is 12.1 Å². The van der Waals surface area contributed by atoms with Crippen LogP contribution in [0, 0.1) is 17.2 Å². The Balaban J connectivity index is 1.76. The number of carbonyl (C=O) groups is 1. The van der Waals surface area contributed by atoms with E-state index < -0.39 is 0 Å². The van der Waals surface area contributed by atoms with Crippen molar-refractivity contribution < 1.29 is 4.79 Å². The number of hydrogen-bond acceptors (Lipinski definition) is 3. The molecule has 1 aliphatic carbocycles. The molecule has 0 bridgehead atoms. The van der Waals surface area contributed by atoms with E-state index in [9.17, 15) is 4.79 Å². The quantitative estimate of drug-likeness (QED) is 0.904. The number of nitriles is 1. The van der Waals surface area contributed by atoms with Gasteiger partial charge in [-0.25, -0.2) is 0 Å². The van der Waals surface area contributed by atoms with E-state index >= 15 is 0 Å². The van der Waals surface area contributed by atoms with Crippen molar-refractivity contribution in [3.05, 3.63) is 29.8 Å². The Hall–Kier alpha value is -1.86. The molecule has 4 heteroatoms. The van der Waals surface area contributed by atoms with Gasteiger partial charge in [-0.3, -0.25) is 9.69 Å². The number of rotatable bonds is 5. The van der Waals surface area contributed by atoms with E-state index in [0.717, 1.165) is 18.2 Å². The second-order valence-electron chi connectivity index (χ2n) is 5.94. The Morgan fingerprint density at radius 2 is 1.95 bits per heavy atom. The van der Waals surface area contributed by atoms with E-state index in [1.165, 1.54) is 32.1 Å². The maximum absolute atomic E-state index is 12.0. The first-order valence-corrected chi connectivity index (χ1v) is 7.66. The molecule has 0 spiro atoms. The van der Waals surface area contributed by atoms with E-state index in [4.69, 9.17) is 5.26 Å². The zero-order valence-electron chi connectivity index (χ0n) is 12.6. The highest BCUT2D eigenvalue weighted by Crippen LogP contribution is 2.24. The average Bonchev–Trinajstić information content (AvgIpc) is 2.48. The first-order chi connectivity index (χ1) is 10.2. The van der Waals surface area contributed by atoms with Crippen molar-refractivity contribution in [1.82, 2.24) is 4.90 Å². The first kappa shape index (κ1) is 15.5. The van der Waals surface area contributed by atoms with Crippen molar-refractivity contribution >= 4 is 11.6 Å². The Morgan fingerprint density at radius 3 is 2.57 bits per heavy atom. The number of anilines is 1. The summed E-state index contributed by atoms with van der Waals surface area (Å²) in [5.74, 6) is 0.740. The zero-order chi connectivity index (χ0) is 15.1. The number of nitrogens with zero attached hydrogens (tertiary/aromatic N) is 2. The molecular formula is C17H23N3O. The molecule has 1 aromatic carbocycles. The topological polar surface area (TPSA) is 56.1 Å². The molecule has 1 fully saturated rings. The molecule has 1 N–H and O–H groups in total. The summed E-state index contributed by atoms with van der Waals surface area (Å²) in [6.07, 6.45) is 6.61. The van der Waals surface area contributed by atoms with Gasteiger partial charge in [0.15, 0.2) is 0 Å². The lowest BCUT2D eigenvalue weighted by Crippen LogP contribution is -2.34. The van der Waals surface area contributed by atoms with Crippen molar-refractivity contribution in [2.24, 2.45) is 5.92 Å². The van der Waals surface area contributed by atoms with Crippen molar-refractivity contribution in [2.75, 3.05) is 25.5 Å². The fraction of sp³-hybridized carbons (Fsp3) is 0.529. The van der Waals surface area contributed by atoms with Gasteiger partial charge in [0.05, 0.1) is 18.2 Å². The molecular weight excluding hydrogens is 262 g/mol. The summed E-state index contributed by atoms with van der Waals surface area (Å²) in [5.41, 5.74) is 1.34. The lowest BCUT2D eigenvalue weighted by atomic mass is 9.89. The van der Waals surface area contributed by atoms with Gasteiger partial charge in [-0.2, -0.15) is 5.26 Å². The highest BCUT2D eigenvalue weighted by molar-refractivity contribution is 5.92. The zero-order valence-corrected chi connectivity index (χ0v) is 12.6. The van der Waals surface area contributed by atoms with Crippen LogP contribution in [0.15, 0.2) is 24.3 Å². The highest BCUT2D eigenvalue weighted by Gasteiger charge is 2.16. The second kappa shape index (κ2) is 7.80. The maximum atomic E-state index is 12.0. The number of likely N-dealkylation sites (N-methyl/N-ethyl adjacent to an activating group) is 1. The Kier molecular flexibility index (Phi) is 5.77. The predicted octanol–water partition coefficient (Wildman–Crippen LogP) is 3.01. The Labute approximate surface area is 126 Å². The standard InChI is InChI=1S/C17H23N3O/c1-20(12-15-5-3-2-4-6-15)13-17(21)19-16-9-7-14(11-18)8-10-16/h7-10,15H,2-6,12-13H2,1H3,(H,19,21). The molecule has 0 atom stereocenters. The molecule has 0 heterocycles. The van der Waals surface area contributed by atoms with Crippen molar-refractivity contribution in [3.8, 4) is 6.07 Å². The van der Waals surface area contributed by atoms with Crippen molar-refractivity contribution in [2.45, 2.75) is 32.1 Å². The van der Waals surface area contributed by atoms with Crippen molar-refractivity contribution in [1.29, 1.82) is 5.26 Å². The number of hydrogen-bond donors (Lipinski definition) is 1. The van der Waals surface area contributed by atoms with E-state index in [-0.39, 0.29) is 5.91 Å². The van der Waals surface area contributed by atoms with Gasteiger partial charge in [-0.1, -0.05) is 19.3 Å². The third-order valence-electron chi connectivity index (χ3n) is 4.01. The molecule has 112 valence electrons. The maximum Gasteiger partial charge on any atom is 0.238 e. The minimum atomic E-state index is -0.00184. The molecule has 4 nitrogen and oxygen atoms in total. The fourth-order valence-corrected chi connectivity index (χ4v) is 2.95. The van der Waals surface area contributed by atoms with Crippen LogP contribution in [0.2, 0.25) is 0 Å². The average molecular weight is 285 g/mol. The third-order valence-corrected chi connectivity index (χ3v) is 4.01.